The Hall–Kier alpha value is -3.45. The second-order valence-electron chi connectivity index (χ2n) is 10.7. The minimum atomic E-state index is -3.26. The van der Waals surface area contributed by atoms with E-state index in [1.165, 1.54) is 24.7 Å². The van der Waals surface area contributed by atoms with E-state index in [1.807, 2.05) is 34.1 Å². The molecular formula is C31H34N2O4S. The molecule has 3 aromatic rings. The van der Waals surface area contributed by atoms with Crippen molar-refractivity contribution in [2.24, 2.45) is 0 Å². The van der Waals surface area contributed by atoms with E-state index >= 15 is 0 Å². The third-order valence-corrected chi connectivity index (χ3v) is 9.01. The van der Waals surface area contributed by atoms with Gasteiger partial charge in [0.2, 0.25) is 5.91 Å². The topological polar surface area (TPSA) is 74.8 Å². The quantitative estimate of drug-likeness (QED) is 0.421. The molecule has 2 saturated heterocycles. The predicted octanol–water partition coefficient (Wildman–Crippen LogP) is 4.77. The molecule has 0 bridgehead atoms. The van der Waals surface area contributed by atoms with Crippen molar-refractivity contribution in [1.29, 1.82) is 0 Å². The zero-order valence-electron chi connectivity index (χ0n) is 22.0. The van der Waals surface area contributed by atoms with Crippen LogP contribution in [0.5, 0.6) is 0 Å². The lowest BCUT2D eigenvalue weighted by Gasteiger charge is -2.62. The van der Waals surface area contributed by atoms with E-state index in [-0.39, 0.29) is 28.7 Å². The smallest absolute Gasteiger partial charge is 0.254 e. The molecule has 2 fully saturated rings. The van der Waals surface area contributed by atoms with Gasteiger partial charge in [0.15, 0.2) is 9.84 Å². The van der Waals surface area contributed by atoms with Crippen LogP contribution in [-0.4, -0.2) is 61.5 Å². The minimum Gasteiger partial charge on any atom is -0.334 e. The molecule has 2 heterocycles. The Kier molecular flexibility index (Phi) is 7.14. The summed E-state index contributed by atoms with van der Waals surface area (Å²) in [6.45, 7) is 3.98. The number of rotatable bonds is 8. The predicted molar refractivity (Wildman–Crippen MR) is 149 cm³/mol. The first-order valence-electron chi connectivity index (χ1n) is 13.3. The maximum Gasteiger partial charge on any atom is 0.254 e. The molecule has 0 unspecified atom stereocenters. The maximum absolute atomic E-state index is 13.1. The van der Waals surface area contributed by atoms with Crippen LogP contribution in [0.2, 0.25) is 0 Å². The van der Waals surface area contributed by atoms with Gasteiger partial charge in [-0.25, -0.2) is 8.42 Å². The van der Waals surface area contributed by atoms with Crippen molar-refractivity contribution in [2.75, 3.05) is 25.9 Å². The molecule has 6 nitrogen and oxygen atoms in total. The van der Waals surface area contributed by atoms with E-state index in [2.05, 4.69) is 31.2 Å². The molecule has 2 aliphatic heterocycles. The number of amides is 2. The van der Waals surface area contributed by atoms with Gasteiger partial charge in [0.25, 0.3) is 5.91 Å². The summed E-state index contributed by atoms with van der Waals surface area (Å²) in [6, 6.07) is 22.9. The highest BCUT2D eigenvalue weighted by Gasteiger charge is 2.56. The van der Waals surface area contributed by atoms with E-state index in [0.717, 1.165) is 29.5 Å². The molecule has 1 spiro atoms. The number of aryl methyl sites for hydroxylation is 1. The van der Waals surface area contributed by atoms with Crippen molar-refractivity contribution in [3.8, 4) is 11.1 Å². The Morgan fingerprint density at radius 1 is 0.842 bits per heavy atom. The molecule has 2 aliphatic rings. The normalized spacial score (nSPS) is 16.2. The molecule has 198 valence electrons. The van der Waals surface area contributed by atoms with Crippen LogP contribution in [0.1, 0.15) is 47.7 Å². The summed E-state index contributed by atoms with van der Waals surface area (Å²) in [6.07, 6.45) is 5.77. The number of unbranched alkanes of at least 4 members (excludes halogenated alkanes) is 1. The number of benzene rings is 3. The molecule has 0 radical (unpaired) electrons. The van der Waals surface area contributed by atoms with Crippen LogP contribution in [0.15, 0.2) is 77.7 Å². The standard InChI is InChI=1S/C31H34N2O4S/c1-3-4-5-23-6-10-25(11-7-23)26-12-14-27(15-13-26)30(35)32-21-31(22-32)18-19-33(31)29(34)20-24-8-16-28(17-9-24)38(2,36)37/h6-17H,3-5,18-22H2,1-2H3. The van der Waals surface area contributed by atoms with Gasteiger partial charge < -0.3 is 9.80 Å². The van der Waals surface area contributed by atoms with Crippen LogP contribution in [0.4, 0.5) is 0 Å². The minimum absolute atomic E-state index is 0.00671. The summed E-state index contributed by atoms with van der Waals surface area (Å²) in [4.78, 5) is 30.0. The zero-order valence-corrected chi connectivity index (χ0v) is 22.8. The molecule has 5 rings (SSSR count). The van der Waals surface area contributed by atoms with E-state index in [1.54, 1.807) is 24.3 Å². The lowest BCUT2D eigenvalue weighted by atomic mass is 9.76. The molecule has 3 aromatic carbocycles. The van der Waals surface area contributed by atoms with Crippen molar-refractivity contribution in [1.82, 2.24) is 9.80 Å². The lowest BCUT2D eigenvalue weighted by molar-refractivity contribution is -0.161. The summed E-state index contributed by atoms with van der Waals surface area (Å²) in [7, 11) is -3.26. The van der Waals surface area contributed by atoms with Gasteiger partial charge in [-0.1, -0.05) is 61.9 Å². The summed E-state index contributed by atoms with van der Waals surface area (Å²) < 4.78 is 23.3. The zero-order chi connectivity index (χ0) is 26.9. The van der Waals surface area contributed by atoms with Crippen molar-refractivity contribution in [2.45, 2.75) is 49.5 Å². The van der Waals surface area contributed by atoms with Crippen LogP contribution in [-0.2, 0) is 27.5 Å². The van der Waals surface area contributed by atoms with Gasteiger partial charge in [0.05, 0.1) is 16.9 Å². The van der Waals surface area contributed by atoms with Gasteiger partial charge >= 0.3 is 0 Å². The van der Waals surface area contributed by atoms with E-state index in [9.17, 15) is 18.0 Å². The number of hydrogen-bond acceptors (Lipinski definition) is 4. The number of carbonyl (C=O) groups is 2. The van der Waals surface area contributed by atoms with Gasteiger partial charge in [-0.3, -0.25) is 9.59 Å². The Bertz CT molecular complexity index is 1420. The average Bonchev–Trinajstić information content (AvgIpc) is 2.86. The van der Waals surface area contributed by atoms with Crippen LogP contribution < -0.4 is 0 Å². The fourth-order valence-corrected chi connectivity index (χ4v) is 6.05. The maximum atomic E-state index is 13.1. The highest BCUT2D eigenvalue weighted by atomic mass is 32.2. The van der Waals surface area contributed by atoms with Crippen LogP contribution in [0.3, 0.4) is 0 Å². The molecule has 0 atom stereocenters. The fourth-order valence-electron chi connectivity index (χ4n) is 5.42. The summed E-state index contributed by atoms with van der Waals surface area (Å²) in [5.74, 6) is 0.00766. The third kappa shape index (κ3) is 5.25. The number of carbonyl (C=O) groups excluding carboxylic acids is 2. The highest BCUT2D eigenvalue weighted by molar-refractivity contribution is 7.90. The third-order valence-electron chi connectivity index (χ3n) is 7.88. The molecule has 0 N–H and O–H groups in total. The van der Waals surface area contributed by atoms with E-state index in [0.29, 0.717) is 25.2 Å². The molecule has 7 heteroatoms. The fraction of sp³-hybridized carbons (Fsp3) is 0.355. The first-order chi connectivity index (χ1) is 18.2. The van der Waals surface area contributed by atoms with Crippen LogP contribution >= 0.6 is 0 Å². The monoisotopic (exact) mass is 530 g/mol. The Morgan fingerprint density at radius 3 is 1.95 bits per heavy atom. The van der Waals surface area contributed by atoms with Crippen molar-refractivity contribution >= 4 is 21.7 Å². The highest BCUT2D eigenvalue weighted by Crippen LogP contribution is 2.40. The number of sulfone groups is 1. The molecule has 0 aromatic heterocycles. The van der Waals surface area contributed by atoms with Crippen molar-refractivity contribution in [3.63, 3.8) is 0 Å². The molecular weight excluding hydrogens is 496 g/mol. The number of nitrogens with zero attached hydrogens (tertiary/aromatic N) is 2. The van der Waals surface area contributed by atoms with Gasteiger partial charge in [0.1, 0.15) is 0 Å². The van der Waals surface area contributed by atoms with E-state index in [4.69, 9.17) is 0 Å². The number of hydrogen-bond donors (Lipinski definition) is 0. The van der Waals surface area contributed by atoms with E-state index < -0.39 is 9.84 Å². The second-order valence-corrected chi connectivity index (χ2v) is 12.7. The van der Waals surface area contributed by atoms with Crippen LogP contribution in [0.25, 0.3) is 11.1 Å². The summed E-state index contributed by atoms with van der Waals surface area (Å²) in [5, 5.41) is 0. The molecule has 2 amide bonds. The largest absolute Gasteiger partial charge is 0.334 e. The second kappa shape index (κ2) is 10.4. The lowest BCUT2D eigenvalue weighted by Crippen LogP contribution is -2.78. The Balaban J connectivity index is 1.16. The first kappa shape index (κ1) is 26.2. The van der Waals surface area contributed by atoms with Crippen LogP contribution in [0, 0.1) is 0 Å². The molecule has 38 heavy (non-hydrogen) atoms. The Labute approximate surface area is 225 Å². The van der Waals surface area contributed by atoms with Gasteiger partial charge in [-0.2, -0.15) is 0 Å². The van der Waals surface area contributed by atoms with Crippen molar-refractivity contribution < 1.29 is 18.0 Å². The molecule has 0 saturated carbocycles. The SMILES string of the molecule is CCCCc1ccc(-c2ccc(C(=O)N3CC4(CCN4C(=O)Cc4ccc(S(C)(=O)=O)cc4)C3)cc2)cc1. The Morgan fingerprint density at radius 2 is 1.42 bits per heavy atom. The van der Waals surface area contributed by atoms with Crippen molar-refractivity contribution in [3.05, 3.63) is 89.5 Å². The first-order valence-corrected chi connectivity index (χ1v) is 15.2. The van der Waals surface area contributed by atoms with Gasteiger partial charge in [-0.15, -0.1) is 0 Å². The average molecular weight is 531 g/mol. The summed E-state index contributed by atoms with van der Waals surface area (Å²) >= 11 is 0. The molecule has 0 aliphatic carbocycles. The summed E-state index contributed by atoms with van der Waals surface area (Å²) in [5.41, 5.74) is 4.76. The number of likely N-dealkylation sites (tertiary alicyclic amines) is 2. The van der Waals surface area contributed by atoms with Gasteiger partial charge in [-0.05, 0) is 65.8 Å². The van der Waals surface area contributed by atoms with Gasteiger partial charge in [0, 0.05) is 31.5 Å².